The van der Waals surface area contributed by atoms with E-state index in [1.54, 1.807) is 30.0 Å². The highest BCUT2D eigenvalue weighted by Gasteiger charge is 2.27. The summed E-state index contributed by atoms with van der Waals surface area (Å²) >= 11 is 1.45. The van der Waals surface area contributed by atoms with Crippen LogP contribution in [0.1, 0.15) is 30.2 Å². The molecule has 1 aliphatic heterocycles. The third kappa shape index (κ3) is 3.62. The number of nitrogens with zero attached hydrogens (tertiary/aromatic N) is 3. The molecule has 2 aromatic carbocycles. The van der Waals surface area contributed by atoms with Gasteiger partial charge in [-0.3, -0.25) is 19.0 Å². The third-order valence-electron chi connectivity index (χ3n) is 5.83. The van der Waals surface area contributed by atoms with Crippen LogP contribution in [-0.4, -0.2) is 34.4 Å². The maximum Gasteiger partial charge on any atom is 0.265 e. The van der Waals surface area contributed by atoms with Crippen molar-refractivity contribution in [3.8, 4) is 16.2 Å². The molecular formula is C25H21N3O4S. The summed E-state index contributed by atoms with van der Waals surface area (Å²) in [5.41, 5.74) is 1.73. The fraction of sp³-hybridized carbons (Fsp3) is 0.200. The van der Waals surface area contributed by atoms with Crippen molar-refractivity contribution >= 4 is 38.9 Å². The van der Waals surface area contributed by atoms with Crippen LogP contribution in [0.5, 0.6) is 5.75 Å². The zero-order chi connectivity index (χ0) is 23.1. The van der Waals surface area contributed by atoms with Gasteiger partial charge < -0.3 is 9.64 Å². The molecule has 2 aromatic heterocycles. The highest BCUT2D eigenvalue weighted by atomic mass is 32.1. The van der Waals surface area contributed by atoms with Crippen molar-refractivity contribution in [1.82, 2.24) is 9.55 Å². The molecule has 0 saturated heterocycles. The molecule has 1 aliphatic rings. The molecule has 1 amide bonds. The number of carbonyl (C=O) groups excluding carboxylic acids is 2. The van der Waals surface area contributed by atoms with Gasteiger partial charge in [0.05, 0.1) is 23.4 Å². The number of hydrogen-bond acceptors (Lipinski definition) is 6. The molecule has 0 N–H and O–H groups in total. The molecule has 7 nitrogen and oxygen atoms in total. The van der Waals surface area contributed by atoms with Crippen molar-refractivity contribution < 1.29 is 14.3 Å². The number of Topliss-reactive ketones (excluding diaryl/α,β-unsaturated/α-hetero) is 1. The van der Waals surface area contributed by atoms with Crippen LogP contribution in [-0.2, 0) is 4.79 Å². The van der Waals surface area contributed by atoms with Crippen LogP contribution in [0.3, 0.4) is 0 Å². The van der Waals surface area contributed by atoms with Crippen molar-refractivity contribution in [2.24, 2.45) is 0 Å². The number of aromatic nitrogens is 2. The second-order valence-electron chi connectivity index (χ2n) is 7.80. The number of anilines is 1. The summed E-state index contributed by atoms with van der Waals surface area (Å²) in [6.07, 6.45) is 1.43. The zero-order valence-electron chi connectivity index (χ0n) is 18.1. The Morgan fingerprint density at radius 3 is 2.70 bits per heavy atom. The lowest BCUT2D eigenvalue weighted by Crippen LogP contribution is -2.38. The second-order valence-corrected chi connectivity index (χ2v) is 8.83. The molecule has 33 heavy (non-hydrogen) atoms. The molecule has 4 aromatic rings. The van der Waals surface area contributed by atoms with Crippen molar-refractivity contribution in [3.63, 3.8) is 0 Å². The Morgan fingerprint density at radius 1 is 1.15 bits per heavy atom. The van der Waals surface area contributed by atoms with Crippen LogP contribution in [0.4, 0.5) is 5.69 Å². The maximum atomic E-state index is 13.3. The number of benzene rings is 2. The lowest BCUT2D eigenvalue weighted by molar-refractivity contribution is -0.121. The van der Waals surface area contributed by atoms with E-state index in [-0.39, 0.29) is 23.9 Å². The van der Waals surface area contributed by atoms with Gasteiger partial charge in [0.15, 0.2) is 12.4 Å². The van der Waals surface area contributed by atoms with Gasteiger partial charge in [0.2, 0.25) is 0 Å². The van der Waals surface area contributed by atoms with E-state index in [9.17, 15) is 14.4 Å². The lowest BCUT2D eigenvalue weighted by Gasteiger charge is -2.28. The van der Waals surface area contributed by atoms with Crippen LogP contribution < -0.4 is 15.2 Å². The van der Waals surface area contributed by atoms with Crippen LogP contribution in [0.2, 0.25) is 0 Å². The van der Waals surface area contributed by atoms with Gasteiger partial charge in [-0.05, 0) is 43.7 Å². The number of ether oxygens (including phenoxy) is 1. The van der Waals surface area contributed by atoms with E-state index in [0.717, 1.165) is 10.4 Å². The van der Waals surface area contributed by atoms with Crippen LogP contribution in [0.25, 0.3) is 20.7 Å². The Hall–Kier alpha value is -3.78. The molecule has 3 heterocycles. The molecule has 166 valence electrons. The largest absolute Gasteiger partial charge is 0.482 e. The Morgan fingerprint density at radius 2 is 1.94 bits per heavy atom. The molecule has 5 rings (SSSR count). The van der Waals surface area contributed by atoms with Crippen LogP contribution >= 0.6 is 11.3 Å². The highest BCUT2D eigenvalue weighted by Crippen LogP contribution is 2.34. The molecule has 0 aliphatic carbocycles. The summed E-state index contributed by atoms with van der Waals surface area (Å²) in [6.45, 7) is 4.01. The maximum absolute atomic E-state index is 13.3. The second kappa shape index (κ2) is 8.29. The van der Waals surface area contributed by atoms with Crippen molar-refractivity contribution in [2.75, 3.05) is 18.1 Å². The van der Waals surface area contributed by atoms with E-state index in [1.807, 2.05) is 43.3 Å². The van der Waals surface area contributed by atoms with E-state index in [0.29, 0.717) is 33.8 Å². The minimum Gasteiger partial charge on any atom is -0.482 e. The number of rotatable bonds is 5. The molecule has 0 radical (unpaired) electrons. The number of amides is 1. The predicted octanol–water partition coefficient (Wildman–Crippen LogP) is 4.31. The summed E-state index contributed by atoms with van der Waals surface area (Å²) in [4.78, 5) is 46.3. The zero-order valence-corrected chi connectivity index (χ0v) is 19.0. The van der Waals surface area contributed by atoms with Gasteiger partial charge in [0.25, 0.3) is 11.5 Å². The van der Waals surface area contributed by atoms with Crippen molar-refractivity contribution in [2.45, 2.75) is 19.9 Å². The Balaban J connectivity index is 1.50. The molecule has 1 unspecified atom stereocenters. The number of thiophene rings is 1. The topological polar surface area (TPSA) is 81.5 Å². The molecular weight excluding hydrogens is 438 g/mol. The van der Waals surface area contributed by atoms with E-state index < -0.39 is 6.04 Å². The average molecular weight is 460 g/mol. The van der Waals surface area contributed by atoms with Gasteiger partial charge in [0.1, 0.15) is 10.6 Å². The minimum atomic E-state index is -0.761. The summed E-state index contributed by atoms with van der Waals surface area (Å²) < 4.78 is 6.85. The SMILES string of the molecule is CCN1C(=O)COc2ccc(C(=O)C(C)n3cnc4sc(-c5ccccc5)cc4c3=O)cc21. The first kappa shape index (κ1) is 21.1. The van der Waals surface area contributed by atoms with Gasteiger partial charge in [-0.2, -0.15) is 0 Å². The highest BCUT2D eigenvalue weighted by molar-refractivity contribution is 7.21. The molecule has 1 atom stereocenters. The molecule has 0 spiro atoms. The number of fused-ring (bicyclic) bond motifs is 2. The first-order chi connectivity index (χ1) is 16.0. The van der Waals surface area contributed by atoms with Gasteiger partial charge in [0, 0.05) is 17.0 Å². The monoisotopic (exact) mass is 459 g/mol. The van der Waals surface area contributed by atoms with Crippen molar-refractivity contribution in [3.05, 3.63) is 76.8 Å². The lowest BCUT2D eigenvalue weighted by atomic mass is 10.0. The number of ketones is 1. The third-order valence-corrected chi connectivity index (χ3v) is 6.93. The summed E-state index contributed by atoms with van der Waals surface area (Å²) in [7, 11) is 0. The van der Waals surface area contributed by atoms with E-state index >= 15 is 0 Å². The van der Waals surface area contributed by atoms with Crippen molar-refractivity contribution in [1.29, 1.82) is 0 Å². The standard InChI is InChI=1S/C25H21N3O4S/c1-3-27-19-11-17(9-10-20(19)32-13-22(27)29)23(30)15(2)28-14-26-24-18(25(28)31)12-21(33-24)16-7-5-4-6-8-16/h4-12,14-15H,3,13H2,1-2H3. The first-order valence-corrected chi connectivity index (χ1v) is 11.5. The minimum absolute atomic E-state index is 0.0166. The molecule has 0 bridgehead atoms. The number of likely N-dealkylation sites (N-methyl/N-ethyl adjacent to an activating group) is 1. The number of carbonyl (C=O) groups is 2. The average Bonchev–Trinajstić information content (AvgIpc) is 3.29. The van der Waals surface area contributed by atoms with E-state index in [2.05, 4.69) is 4.98 Å². The summed E-state index contributed by atoms with van der Waals surface area (Å²) in [6, 6.07) is 15.9. The van der Waals surface area contributed by atoms with Gasteiger partial charge in [-0.15, -0.1) is 11.3 Å². The molecule has 0 saturated carbocycles. The summed E-state index contributed by atoms with van der Waals surface area (Å²) in [5.74, 6) is 0.168. The van der Waals surface area contributed by atoms with Gasteiger partial charge >= 0.3 is 0 Å². The summed E-state index contributed by atoms with van der Waals surface area (Å²) in [5, 5.41) is 0.489. The van der Waals surface area contributed by atoms with E-state index in [4.69, 9.17) is 4.74 Å². The number of hydrogen-bond donors (Lipinski definition) is 0. The Labute approximate surface area is 193 Å². The fourth-order valence-corrected chi connectivity index (χ4v) is 5.02. The van der Waals surface area contributed by atoms with Gasteiger partial charge in [-0.25, -0.2) is 4.98 Å². The fourth-order valence-electron chi connectivity index (χ4n) is 4.03. The smallest absolute Gasteiger partial charge is 0.265 e. The Kier molecular flexibility index (Phi) is 5.30. The molecule has 8 heteroatoms. The Bertz CT molecular complexity index is 1440. The van der Waals surface area contributed by atoms with Crippen LogP contribution in [0.15, 0.2) is 65.7 Å². The van der Waals surface area contributed by atoms with Crippen LogP contribution in [0, 0.1) is 0 Å². The van der Waals surface area contributed by atoms with Gasteiger partial charge in [-0.1, -0.05) is 30.3 Å². The molecule has 0 fully saturated rings. The predicted molar refractivity (Wildman–Crippen MR) is 128 cm³/mol. The first-order valence-electron chi connectivity index (χ1n) is 10.7. The van der Waals surface area contributed by atoms with E-state index in [1.165, 1.54) is 22.2 Å². The normalized spacial score (nSPS) is 14.1. The quantitative estimate of drug-likeness (QED) is 0.415.